The van der Waals surface area contributed by atoms with Crippen LogP contribution < -0.4 is 11.1 Å². The summed E-state index contributed by atoms with van der Waals surface area (Å²) in [6, 6.07) is 5.35. The van der Waals surface area contributed by atoms with Gasteiger partial charge < -0.3 is 15.8 Å². The Bertz CT molecular complexity index is 930. The molecule has 1 aromatic carbocycles. The number of hydrogen-bond acceptors (Lipinski definition) is 5. The Morgan fingerprint density at radius 2 is 2.11 bits per heavy atom. The van der Waals surface area contributed by atoms with Gasteiger partial charge in [0.1, 0.15) is 0 Å². The highest BCUT2D eigenvalue weighted by molar-refractivity contribution is 6.00. The van der Waals surface area contributed by atoms with E-state index in [-0.39, 0.29) is 17.2 Å². The SMILES string of the molecule is COC[C@H](C)Nc1cc(-n2nc(C)c3c2CC(C)(C)CC3=O)ccc1C(N)=O. The number of aryl methyl sites for hydroxylation is 1. The van der Waals surface area contributed by atoms with Crippen molar-refractivity contribution in [1.29, 1.82) is 0 Å². The number of carbonyl (C=O) groups excluding carboxylic acids is 2. The molecule has 1 atom stereocenters. The number of ether oxygens (including phenoxy) is 1. The van der Waals surface area contributed by atoms with Gasteiger partial charge in [0, 0.05) is 25.3 Å². The predicted octanol–water partition coefficient (Wildman–Crippen LogP) is 2.88. The lowest BCUT2D eigenvalue weighted by Gasteiger charge is -2.29. The maximum absolute atomic E-state index is 12.7. The molecule has 3 N–H and O–H groups in total. The number of amides is 1. The molecule has 1 heterocycles. The lowest BCUT2D eigenvalue weighted by molar-refractivity contribution is 0.0909. The molecule has 7 nitrogen and oxygen atoms in total. The molecule has 1 amide bonds. The van der Waals surface area contributed by atoms with E-state index >= 15 is 0 Å². The van der Waals surface area contributed by atoms with Crippen molar-refractivity contribution >= 4 is 17.4 Å². The van der Waals surface area contributed by atoms with E-state index < -0.39 is 5.91 Å². The average molecular weight is 384 g/mol. The molecule has 1 aromatic heterocycles. The quantitative estimate of drug-likeness (QED) is 0.798. The third-order valence-electron chi connectivity index (χ3n) is 5.05. The van der Waals surface area contributed by atoms with Gasteiger partial charge in [0.05, 0.1) is 34.8 Å². The normalized spacial score (nSPS) is 16.5. The molecule has 0 unspecified atom stereocenters. The van der Waals surface area contributed by atoms with Crippen LogP contribution in [0.4, 0.5) is 5.69 Å². The predicted molar refractivity (Wildman–Crippen MR) is 108 cm³/mol. The van der Waals surface area contributed by atoms with Crippen LogP contribution in [0.3, 0.4) is 0 Å². The molecule has 28 heavy (non-hydrogen) atoms. The molecule has 0 saturated carbocycles. The molecule has 1 aliphatic rings. The van der Waals surface area contributed by atoms with Crippen LogP contribution in [0.1, 0.15) is 59.3 Å². The summed E-state index contributed by atoms with van der Waals surface area (Å²) in [6.45, 7) is 8.50. The first kappa shape index (κ1) is 20.1. The first-order chi connectivity index (χ1) is 13.1. The second-order valence-electron chi connectivity index (χ2n) is 8.35. The molecule has 3 rings (SSSR count). The number of fused-ring (bicyclic) bond motifs is 1. The number of benzene rings is 1. The molecule has 150 valence electrons. The van der Waals surface area contributed by atoms with Gasteiger partial charge in [-0.2, -0.15) is 5.10 Å². The van der Waals surface area contributed by atoms with Crippen LogP contribution in [0.25, 0.3) is 5.69 Å². The number of primary amides is 1. The van der Waals surface area contributed by atoms with E-state index in [2.05, 4.69) is 24.3 Å². The first-order valence-electron chi connectivity index (χ1n) is 9.44. The summed E-state index contributed by atoms with van der Waals surface area (Å²) in [5, 5.41) is 7.92. The van der Waals surface area contributed by atoms with Gasteiger partial charge in [0.25, 0.3) is 5.91 Å². The minimum absolute atomic E-state index is 0.00728. The molecular weight excluding hydrogens is 356 g/mol. The van der Waals surface area contributed by atoms with Crippen LogP contribution in [0.2, 0.25) is 0 Å². The molecule has 0 bridgehead atoms. The fourth-order valence-corrected chi connectivity index (χ4v) is 3.91. The molecule has 1 aliphatic carbocycles. The van der Waals surface area contributed by atoms with E-state index in [1.54, 1.807) is 13.2 Å². The lowest BCUT2D eigenvalue weighted by Crippen LogP contribution is -2.28. The number of nitrogens with two attached hydrogens (primary N) is 1. The van der Waals surface area contributed by atoms with Crippen molar-refractivity contribution < 1.29 is 14.3 Å². The number of nitrogens with zero attached hydrogens (tertiary/aromatic N) is 2. The van der Waals surface area contributed by atoms with Crippen molar-refractivity contribution in [1.82, 2.24) is 9.78 Å². The smallest absolute Gasteiger partial charge is 0.250 e. The highest BCUT2D eigenvalue weighted by Gasteiger charge is 2.35. The number of Topliss-reactive ketones (excluding diaryl/α,β-unsaturated/α-hetero) is 1. The maximum Gasteiger partial charge on any atom is 0.250 e. The fraction of sp³-hybridized carbons (Fsp3) is 0.476. The molecule has 0 aliphatic heterocycles. The largest absolute Gasteiger partial charge is 0.383 e. The van der Waals surface area contributed by atoms with Crippen molar-refractivity contribution in [2.75, 3.05) is 19.0 Å². The van der Waals surface area contributed by atoms with Crippen molar-refractivity contribution in [3.05, 3.63) is 40.7 Å². The van der Waals surface area contributed by atoms with E-state index in [1.165, 1.54) is 0 Å². The van der Waals surface area contributed by atoms with E-state index in [1.807, 2.05) is 30.7 Å². The van der Waals surface area contributed by atoms with Crippen molar-refractivity contribution in [3.8, 4) is 5.69 Å². The molecule has 2 aromatic rings. The third kappa shape index (κ3) is 3.80. The van der Waals surface area contributed by atoms with Gasteiger partial charge in [-0.05, 0) is 43.9 Å². The van der Waals surface area contributed by atoms with E-state index in [0.717, 1.165) is 29.1 Å². The Labute approximate surface area is 165 Å². The van der Waals surface area contributed by atoms with Gasteiger partial charge >= 0.3 is 0 Å². The summed E-state index contributed by atoms with van der Waals surface area (Å²) >= 11 is 0. The summed E-state index contributed by atoms with van der Waals surface area (Å²) < 4.78 is 6.99. The minimum atomic E-state index is -0.506. The number of aromatic nitrogens is 2. The zero-order valence-electron chi connectivity index (χ0n) is 17.1. The number of anilines is 1. The Hall–Kier alpha value is -2.67. The summed E-state index contributed by atoms with van der Waals surface area (Å²) in [5.74, 6) is -0.371. The topological polar surface area (TPSA) is 99.2 Å². The summed E-state index contributed by atoms with van der Waals surface area (Å²) in [5.41, 5.74) is 9.61. The monoisotopic (exact) mass is 384 g/mol. The van der Waals surface area contributed by atoms with Crippen LogP contribution in [0.5, 0.6) is 0 Å². The number of ketones is 1. The van der Waals surface area contributed by atoms with Crippen molar-refractivity contribution in [2.45, 2.75) is 46.6 Å². The second kappa shape index (κ2) is 7.39. The van der Waals surface area contributed by atoms with Crippen LogP contribution >= 0.6 is 0 Å². The van der Waals surface area contributed by atoms with Gasteiger partial charge in [-0.15, -0.1) is 0 Å². The highest BCUT2D eigenvalue weighted by Crippen LogP contribution is 2.37. The lowest BCUT2D eigenvalue weighted by atomic mass is 9.75. The fourth-order valence-electron chi connectivity index (χ4n) is 3.91. The number of methoxy groups -OCH3 is 1. The summed E-state index contributed by atoms with van der Waals surface area (Å²) in [7, 11) is 1.63. The first-order valence-corrected chi connectivity index (χ1v) is 9.44. The number of nitrogens with one attached hydrogen (secondary N) is 1. The maximum atomic E-state index is 12.7. The number of carbonyl (C=O) groups is 2. The average Bonchev–Trinajstić information content (AvgIpc) is 2.90. The van der Waals surface area contributed by atoms with Crippen molar-refractivity contribution in [3.63, 3.8) is 0 Å². The van der Waals surface area contributed by atoms with Crippen LogP contribution in [-0.4, -0.2) is 41.2 Å². The van der Waals surface area contributed by atoms with Crippen molar-refractivity contribution in [2.24, 2.45) is 11.1 Å². The highest BCUT2D eigenvalue weighted by atomic mass is 16.5. The Kier molecular flexibility index (Phi) is 5.30. The zero-order chi connectivity index (χ0) is 20.6. The molecule has 0 saturated heterocycles. The van der Waals surface area contributed by atoms with E-state index in [0.29, 0.717) is 24.3 Å². The molecular formula is C21H28N4O3. The van der Waals surface area contributed by atoms with Gasteiger partial charge in [-0.25, -0.2) is 4.68 Å². The second-order valence-corrected chi connectivity index (χ2v) is 8.35. The number of rotatable bonds is 6. The van der Waals surface area contributed by atoms with Crippen LogP contribution in [0.15, 0.2) is 18.2 Å². The third-order valence-corrected chi connectivity index (χ3v) is 5.05. The standard InChI is InChI=1S/C21H28N4O3/c1-12(11-28-5)23-16-8-14(6-7-15(16)20(22)27)25-17-9-21(3,4)10-18(26)19(17)13(2)24-25/h6-8,12,23H,9-11H2,1-5H3,(H2,22,27)/t12-/m0/s1. The Morgan fingerprint density at radius 3 is 2.75 bits per heavy atom. The van der Waals surface area contributed by atoms with Gasteiger partial charge in [0.2, 0.25) is 0 Å². The van der Waals surface area contributed by atoms with Gasteiger partial charge in [-0.3, -0.25) is 9.59 Å². The summed E-state index contributed by atoms with van der Waals surface area (Å²) in [6.07, 6.45) is 1.28. The zero-order valence-corrected chi connectivity index (χ0v) is 17.1. The Balaban J connectivity index is 2.09. The van der Waals surface area contributed by atoms with Crippen LogP contribution in [-0.2, 0) is 11.2 Å². The van der Waals surface area contributed by atoms with E-state index in [4.69, 9.17) is 10.5 Å². The van der Waals surface area contributed by atoms with Crippen LogP contribution in [0, 0.1) is 12.3 Å². The van der Waals surface area contributed by atoms with E-state index in [9.17, 15) is 9.59 Å². The van der Waals surface area contributed by atoms with Gasteiger partial charge in [-0.1, -0.05) is 13.8 Å². The molecule has 7 heteroatoms. The molecule has 0 fully saturated rings. The summed E-state index contributed by atoms with van der Waals surface area (Å²) in [4.78, 5) is 24.5. The molecule has 0 spiro atoms. The Morgan fingerprint density at radius 1 is 1.39 bits per heavy atom. The van der Waals surface area contributed by atoms with Gasteiger partial charge in [0.15, 0.2) is 5.78 Å². The molecule has 0 radical (unpaired) electrons. The number of hydrogen-bond donors (Lipinski definition) is 2. The minimum Gasteiger partial charge on any atom is -0.383 e.